The molecule has 0 saturated heterocycles. The van der Waals surface area contributed by atoms with Crippen LogP contribution in [-0.2, 0) is 20.6 Å². The lowest BCUT2D eigenvalue weighted by atomic mass is 10.2. The molecule has 0 saturated carbocycles. The number of aryl methyl sites for hydroxylation is 2. The lowest BCUT2D eigenvalue weighted by Gasteiger charge is -1.99. The Morgan fingerprint density at radius 3 is 2.79 bits per heavy atom. The van der Waals surface area contributed by atoms with E-state index < -0.39 is 0 Å². The maximum atomic E-state index is 5.64. The molecule has 5 nitrogen and oxygen atoms in total. The summed E-state index contributed by atoms with van der Waals surface area (Å²) < 4.78 is 3.70. The van der Waals surface area contributed by atoms with Gasteiger partial charge >= 0.3 is 0 Å². The van der Waals surface area contributed by atoms with E-state index in [1.54, 1.807) is 17.2 Å². The van der Waals surface area contributed by atoms with Gasteiger partial charge in [-0.05, 0) is 0 Å². The summed E-state index contributed by atoms with van der Waals surface area (Å²) in [6, 6.07) is 0. The van der Waals surface area contributed by atoms with Crippen molar-refractivity contribution < 1.29 is 0 Å². The molecule has 2 heterocycles. The molecule has 14 heavy (non-hydrogen) atoms. The molecule has 0 radical (unpaired) electrons. The van der Waals surface area contributed by atoms with Crippen molar-refractivity contribution >= 4 is 0 Å². The molecular formula is C9H13N5. The Bertz CT molecular complexity index is 440. The van der Waals surface area contributed by atoms with Gasteiger partial charge in [0.05, 0.1) is 18.2 Å². The molecular weight excluding hydrogens is 178 g/mol. The Labute approximate surface area is 82.2 Å². The Balaban J connectivity index is 2.55. The van der Waals surface area contributed by atoms with Gasteiger partial charge in [0, 0.05) is 32.4 Å². The normalized spacial score (nSPS) is 10.8. The molecule has 0 fully saturated rings. The van der Waals surface area contributed by atoms with Crippen molar-refractivity contribution in [1.82, 2.24) is 19.3 Å². The average molecular weight is 191 g/mol. The van der Waals surface area contributed by atoms with Crippen molar-refractivity contribution in [2.75, 3.05) is 0 Å². The lowest BCUT2D eigenvalue weighted by molar-refractivity contribution is 0.766. The summed E-state index contributed by atoms with van der Waals surface area (Å²) in [6.07, 6.45) is 5.48. The zero-order valence-corrected chi connectivity index (χ0v) is 8.31. The fourth-order valence-corrected chi connectivity index (χ4v) is 1.49. The van der Waals surface area contributed by atoms with Gasteiger partial charge in [0.25, 0.3) is 0 Å². The van der Waals surface area contributed by atoms with E-state index in [1.807, 2.05) is 24.9 Å². The third-order valence-electron chi connectivity index (χ3n) is 2.18. The second-order valence-corrected chi connectivity index (χ2v) is 3.27. The summed E-state index contributed by atoms with van der Waals surface area (Å²) in [7, 11) is 3.83. The first kappa shape index (κ1) is 8.96. The molecule has 0 unspecified atom stereocenters. The first-order valence-corrected chi connectivity index (χ1v) is 4.41. The fourth-order valence-electron chi connectivity index (χ4n) is 1.49. The van der Waals surface area contributed by atoms with Gasteiger partial charge in [-0.1, -0.05) is 0 Å². The van der Waals surface area contributed by atoms with Gasteiger partial charge in [-0.15, -0.1) is 0 Å². The molecule has 0 amide bonds. The Hall–Kier alpha value is -1.62. The SMILES string of the molecule is Cn1cc(CN)c(-c2cncn2C)n1. The van der Waals surface area contributed by atoms with Gasteiger partial charge in [0.1, 0.15) is 5.69 Å². The molecule has 5 heteroatoms. The number of nitrogens with two attached hydrogens (primary N) is 1. The number of hydrogen-bond acceptors (Lipinski definition) is 3. The number of hydrogen-bond donors (Lipinski definition) is 1. The van der Waals surface area contributed by atoms with Crippen LogP contribution in [0.3, 0.4) is 0 Å². The highest BCUT2D eigenvalue weighted by Gasteiger charge is 2.11. The molecule has 2 rings (SSSR count). The van der Waals surface area contributed by atoms with Gasteiger partial charge in [-0.2, -0.15) is 5.10 Å². The van der Waals surface area contributed by atoms with Gasteiger partial charge in [0.2, 0.25) is 0 Å². The van der Waals surface area contributed by atoms with Crippen molar-refractivity contribution in [2.45, 2.75) is 6.54 Å². The summed E-state index contributed by atoms with van der Waals surface area (Å²) in [5.74, 6) is 0. The molecule has 0 aliphatic heterocycles. The van der Waals surface area contributed by atoms with Crippen LogP contribution in [0.25, 0.3) is 11.4 Å². The van der Waals surface area contributed by atoms with Crippen molar-refractivity contribution in [3.05, 3.63) is 24.3 Å². The summed E-state index contributed by atoms with van der Waals surface area (Å²) in [5.41, 5.74) is 8.58. The van der Waals surface area contributed by atoms with Crippen LogP contribution in [0.1, 0.15) is 5.56 Å². The number of aromatic nitrogens is 4. The van der Waals surface area contributed by atoms with E-state index in [2.05, 4.69) is 10.1 Å². The highest BCUT2D eigenvalue weighted by atomic mass is 15.3. The van der Waals surface area contributed by atoms with E-state index in [-0.39, 0.29) is 0 Å². The Morgan fingerprint density at radius 1 is 1.43 bits per heavy atom. The van der Waals surface area contributed by atoms with Crippen molar-refractivity contribution in [3.63, 3.8) is 0 Å². The quantitative estimate of drug-likeness (QED) is 0.741. The molecule has 74 valence electrons. The third-order valence-corrected chi connectivity index (χ3v) is 2.18. The summed E-state index contributed by atoms with van der Waals surface area (Å²) in [6.45, 7) is 0.494. The molecule has 0 bridgehead atoms. The molecule has 0 aliphatic carbocycles. The highest BCUT2D eigenvalue weighted by molar-refractivity contribution is 5.57. The minimum absolute atomic E-state index is 0.494. The molecule has 0 spiro atoms. The van der Waals surface area contributed by atoms with Gasteiger partial charge in [-0.3, -0.25) is 4.68 Å². The van der Waals surface area contributed by atoms with Crippen LogP contribution in [0.4, 0.5) is 0 Å². The van der Waals surface area contributed by atoms with Crippen molar-refractivity contribution in [2.24, 2.45) is 19.8 Å². The number of imidazole rings is 1. The predicted molar refractivity (Wildman–Crippen MR) is 53.3 cm³/mol. The minimum atomic E-state index is 0.494. The van der Waals surface area contributed by atoms with Crippen LogP contribution in [0.5, 0.6) is 0 Å². The molecule has 0 aliphatic rings. The second kappa shape index (κ2) is 3.26. The van der Waals surface area contributed by atoms with Gasteiger partial charge < -0.3 is 10.3 Å². The first-order chi connectivity index (χ1) is 6.72. The number of rotatable bonds is 2. The zero-order valence-electron chi connectivity index (χ0n) is 8.31. The smallest absolute Gasteiger partial charge is 0.115 e. The molecule has 2 aromatic heterocycles. The maximum Gasteiger partial charge on any atom is 0.115 e. The summed E-state index contributed by atoms with van der Waals surface area (Å²) in [4.78, 5) is 4.06. The van der Waals surface area contributed by atoms with E-state index in [0.29, 0.717) is 6.54 Å². The zero-order chi connectivity index (χ0) is 10.1. The largest absolute Gasteiger partial charge is 0.332 e. The maximum absolute atomic E-state index is 5.64. The lowest BCUT2D eigenvalue weighted by Crippen LogP contribution is -1.98. The summed E-state index contributed by atoms with van der Waals surface area (Å²) >= 11 is 0. The predicted octanol–water partition coefficient (Wildman–Crippen LogP) is 0.279. The van der Waals surface area contributed by atoms with E-state index in [0.717, 1.165) is 17.0 Å². The highest BCUT2D eigenvalue weighted by Crippen LogP contribution is 2.19. The Kier molecular flexibility index (Phi) is 2.09. The van der Waals surface area contributed by atoms with E-state index in [1.165, 1.54) is 0 Å². The topological polar surface area (TPSA) is 61.7 Å². The minimum Gasteiger partial charge on any atom is -0.332 e. The van der Waals surface area contributed by atoms with Gasteiger partial charge in [-0.25, -0.2) is 4.98 Å². The fraction of sp³-hybridized carbons (Fsp3) is 0.333. The second-order valence-electron chi connectivity index (χ2n) is 3.27. The average Bonchev–Trinajstić information content (AvgIpc) is 2.71. The van der Waals surface area contributed by atoms with Crippen LogP contribution in [0, 0.1) is 0 Å². The molecule has 2 aromatic rings. The van der Waals surface area contributed by atoms with E-state index >= 15 is 0 Å². The number of nitrogens with zero attached hydrogens (tertiary/aromatic N) is 4. The molecule has 0 atom stereocenters. The van der Waals surface area contributed by atoms with Crippen LogP contribution in [0.2, 0.25) is 0 Å². The molecule has 2 N–H and O–H groups in total. The monoisotopic (exact) mass is 191 g/mol. The van der Waals surface area contributed by atoms with Gasteiger partial charge in [0.15, 0.2) is 0 Å². The standard InChI is InChI=1S/C9H13N5/c1-13-6-11-4-8(13)9-7(3-10)5-14(2)12-9/h4-6H,3,10H2,1-2H3. The summed E-state index contributed by atoms with van der Waals surface area (Å²) in [5, 5.41) is 4.36. The first-order valence-electron chi connectivity index (χ1n) is 4.41. The Morgan fingerprint density at radius 2 is 2.21 bits per heavy atom. The van der Waals surface area contributed by atoms with Crippen LogP contribution in [0.15, 0.2) is 18.7 Å². The van der Waals surface area contributed by atoms with Crippen molar-refractivity contribution in [1.29, 1.82) is 0 Å². The van der Waals surface area contributed by atoms with Crippen LogP contribution in [-0.4, -0.2) is 19.3 Å². The van der Waals surface area contributed by atoms with E-state index in [4.69, 9.17) is 5.73 Å². The van der Waals surface area contributed by atoms with Crippen LogP contribution >= 0.6 is 0 Å². The van der Waals surface area contributed by atoms with Crippen LogP contribution < -0.4 is 5.73 Å². The van der Waals surface area contributed by atoms with Crippen molar-refractivity contribution in [3.8, 4) is 11.4 Å². The third kappa shape index (κ3) is 1.31. The van der Waals surface area contributed by atoms with E-state index in [9.17, 15) is 0 Å². The molecule has 0 aromatic carbocycles.